The van der Waals surface area contributed by atoms with Crippen LogP contribution in [0.4, 0.5) is 0 Å². The maximum atomic E-state index is 5.90. The van der Waals surface area contributed by atoms with Gasteiger partial charge in [-0.1, -0.05) is 19.9 Å². The zero-order valence-corrected chi connectivity index (χ0v) is 17.6. The van der Waals surface area contributed by atoms with E-state index in [-0.39, 0.29) is 6.10 Å². The van der Waals surface area contributed by atoms with Crippen molar-refractivity contribution in [1.29, 1.82) is 0 Å². The van der Waals surface area contributed by atoms with Crippen LogP contribution in [0, 0.1) is 12.8 Å². The van der Waals surface area contributed by atoms with Gasteiger partial charge in [0.2, 0.25) is 0 Å². The number of pyridine rings is 1. The lowest BCUT2D eigenvalue weighted by Gasteiger charge is -2.34. The molecule has 0 radical (unpaired) electrons. The standard InChI is InChI=1S/C21H34N6O/c1-16(2)13-26-10-11-28-19(15-26)12-24-21(22-4)23-8-7-18-14-27-9-5-6-17(3)20(27)25-18/h5-6,9,14,16,19H,7-8,10-13,15H2,1-4H3,(H2,22,23,24). The number of fused-ring (bicyclic) bond motifs is 1. The van der Waals surface area contributed by atoms with Crippen LogP contribution in [0.3, 0.4) is 0 Å². The lowest BCUT2D eigenvalue weighted by molar-refractivity contribution is -0.0284. The lowest BCUT2D eigenvalue weighted by atomic mass is 10.2. The van der Waals surface area contributed by atoms with Crippen LogP contribution in [-0.4, -0.2) is 72.7 Å². The minimum atomic E-state index is 0.201. The smallest absolute Gasteiger partial charge is 0.191 e. The van der Waals surface area contributed by atoms with E-state index in [2.05, 4.69) is 58.0 Å². The fourth-order valence-corrected chi connectivity index (χ4v) is 3.65. The van der Waals surface area contributed by atoms with E-state index in [9.17, 15) is 0 Å². The molecular weight excluding hydrogens is 352 g/mol. The molecule has 1 unspecified atom stereocenters. The summed E-state index contributed by atoms with van der Waals surface area (Å²) in [6, 6.07) is 4.14. The molecule has 154 valence electrons. The molecular formula is C21H34N6O. The number of guanidine groups is 1. The zero-order chi connectivity index (χ0) is 19.9. The molecule has 0 amide bonds. The molecule has 3 rings (SSSR count). The molecule has 7 nitrogen and oxygen atoms in total. The van der Waals surface area contributed by atoms with Gasteiger partial charge < -0.3 is 19.8 Å². The Morgan fingerprint density at radius 2 is 2.25 bits per heavy atom. The Kier molecular flexibility index (Phi) is 7.28. The molecule has 1 aliphatic rings. The maximum Gasteiger partial charge on any atom is 0.191 e. The van der Waals surface area contributed by atoms with E-state index in [1.807, 2.05) is 12.3 Å². The fourth-order valence-electron chi connectivity index (χ4n) is 3.65. The number of nitrogens with one attached hydrogen (secondary N) is 2. The van der Waals surface area contributed by atoms with Crippen molar-refractivity contribution >= 4 is 11.6 Å². The molecule has 0 bridgehead atoms. The Hall–Kier alpha value is -2.12. The molecule has 7 heteroatoms. The first-order valence-corrected chi connectivity index (χ1v) is 10.3. The highest BCUT2D eigenvalue weighted by atomic mass is 16.5. The minimum Gasteiger partial charge on any atom is -0.374 e. The zero-order valence-electron chi connectivity index (χ0n) is 17.6. The third kappa shape index (κ3) is 5.69. The number of aromatic nitrogens is 2. The van der Waals surface area contributed by atoms with Gasteiger partial charge in [0.1, 0.15) is 5.65 Å². The van der Waals surface area contributed by atoms with E-state index < -0.39 is 0 Å². The third-order valence-electron chi connectivity index (χ3n) is 4.97. The van der Waals surface area contributed by atoms with Gasteiger partial charge in [-0.05, 0) is 24.5 Å². The molecule has 2 aromatic heterocycles. The van der Waals surface area contributed by atoms with Crippen molar-refractivity contribution in [2.75, 3.05) is 46.4 Å². The van der Waals surface area contributed by atoms with Gasteiger partial charge in [0.05, 0.1) is 18.4 Å². The average molecular weight is 387 g/mol. The second-order valence-corrected chi connectivity index (χ2v) is 7.93. The molecule has 0 spiro atoms. The van der Waals surface area contributed by atoms with E-state index in [0.717, 1.165) is 63.1 Å². The van der Waals surface area contributed by atoms with Gasteiger partial charge in [0.15, 0.2) is 5.96 Å². The van der Waals surface area contributed by atoms with Crippen molar-refractivity contribution in [3.8, 4) is 0 Å². The van der Waals surface area contributed by atoms with E-state index in [4.69, 9.17) is 9.72 Å². The number of aliphatic imine (C=N–C) groups is 1. The lowest BCUT2D eigenvalue weighted by Crippen LogP contribution is -2.50. The summed E-state index contributed by atoms with van der Waals surface area (Å²) in [6.07, 6.45) is 5.19. The van der Waals surface area contributed by atoms with Crippen LogP contribution in [0.25, 0.3) is 5.65 Å². The predicted molar refractivity (Wildman–Crippen MR) is 114 cm³/mol. The van der Waals surface area contributed by atoms with Crippen molar-refractivity contribution in [1.82, 2.24) is 24.9 Å². The van der Waals surface area contributed by atoms with Crippen molar-refractivity contribution in [3.05, 3.63) is 35.8 Å². The van der Waals surface area contributed by atoms with Gasteiger partial charge in [-0.25, -0.2) is 4.98 Å². The first-order chi connectivity index (χ1) is 13.5. The summed E-state index contributed by atoms with van der Waals surface area (Å²) >= 11 is 0. The van der Waals surface area contributed by atoms with Crippen LogP contribution < -0.4 is 10.6 Å². The highest BCUT2D eigenvalue weighted by Gasteiger charge is 2.21. The Bertz CT molecular complexity index is 784. The second kappa shape index (κ2) is 9.89. The van der Waals surface area contributed by atoms with Gasteiger partial charge in [-0.2, -0.15) is 0 Å². The molecule has 0 saturated carbocycles. The van der Waals surface area contributed by atoms with E-state index >= 15 is 0 Å². The number of morpholine rings is 1. The van der Waals surface area contributed by atoms with Crippen LogP contribution in [0.5, 0.6) is 0 Å². The fraction of sp³-hybridized carbons (Fsp3) is 0.619. The number of ether oxygens (including phenoxy) is 1. The summed E-state index contributed by atoms with van der Waals surface area (Å²) in [5.74, 6) is 1.49. The third-order valence-corrected chi connectivity index (χ3v) is 4.97. The SMILES string of the molecule is CN=C(NCCc1cn2cccc(C)c2n1)NCC1CN(CC(C)C)CCO1. The number of imidazole rings is 1. The van der Waals surface area contributed by atoms with Crippen LogP contribution in [0.2, 0.25) is 0 Å². The molecule has 2 N–H and O–H groups in total. The molecule has 1 atom stereocenters. The topological polar surface area (TPSA) is 66.2 Å². The van der Waals surface area contributed by atoms with Crippen molar-refractivity contribution in [2.45, 2.75) is 33.3 Å². The Labute approximate surface area is 168 Å². The Morgan fingerprint density at radius 3 is 3.00 bits per heavy atom. The van der Waals surface area contributed by atoms with Gasteiger partial charge in [-0.15, -0.1) is 0 Å². The van der Waals surface area contributed by atoms with E-state index in [1.54, 1.807) is 7.05 Å². The Balaban J connectivity index is 1.42. The highest BCUT2D eigenvalue weighted by molar-refractivity contribution is 5.79. The quantitative estimate of drug-likeness (QED) is 0.560. The van der Waals surface area contributed by atoms with E-state index in [1.165, 1.54) is 5.56 Å². The van der Waals surface area contributed by atoms with Gasteiger partial charge in [0, 0.05) is 58.6 Å². The molecule has 3 heterocycles. The Morgan fingerprint density at radius 1 is 1.39 bits per heavy atom. The first-order valence-electron chi connectivity index (χ1n) is 10.3. The number of hydrogen-bond donors (Lipinski definition) is 2. The second-order valence-electron chi connectivity index (χ2n) is 7.93. The number of hydrogen-bond acceptors (Lipinski definition) is 4. The summed E-state index contributed by atoms with van der Waals surface area (Å²) in [4.78, 5) is 11.5. The van der Waals surface area contributed by atoms with Crippen molar-refractivity contribution in [2.24, 2.45) is 10.9 Å². The molecule has 0 aromatic carbocycles. The normalized spacial score (nSPS) is 18.8. The van der Waals surface area contributed by atoms with Gasteiger partial charge in [-0.3, -0.25) is 9.89 Å². The van der Waals surface area contributed by atoms with Crippen LogP contribution in [0.1, 0.15) is 25.1 Å². The van der Waals surface area contributed by atoms with Crippen LogP contribution in [0.15, 0.2) is 29.5 Å². The molecule has 0 aliphatic carbocycles. The number of aryl methyl sites for hydroxylation is 1. The number of nitrogens with zero attached hydrogens (tertiary/aromatic N) is 4. The molecule has 1 aliphatic heterocycles. The summed E-state index contributed by atoms with van der Waals surface area (Å²) in [7, 11) is 1.80. The molecule has 1 saturated heterocycles. The van der Waals surface area contributed by atoms with Crippen LogP contribution in [-0.2, 0) is 11.2 Å². The summed E-state index contributed by atoms with van der Waals surface area (Å²) in [5, 5.41) is 6.78. The summed E-state index contributed by atoms with van der Waals surface area (Å²) < 4.78 is 7.99. The summed E-state index contributed by atoms with van der Waals surface area (Å²) in [5.41, 5.74) is 3.30. The number of rotatable bonds is 7. The van der Waals surface area contributed by atoms with Crippen molar-refractivity contribution in [3.63, 3.8) is 0 Å². The largest absolute Gasteiger partial charge is 0.374 e. The monoisotopic (exact) mass is 386 g/mol. The highest BCUT2D eigenvalue weighted by Crippen LogP contribution is 2.10. The van der Waals surface area contributed by atoms with E-state index in [0.29, 0.717) is 5.92 Å². The first kappa shape index (κ1) is 20.6. The molecule has 28 heavy (non-hydrogen) atoms. The van der Waals surface area contributed by atoms with Crippen molar-refractivity contribution < 1.29 is 4.74 Å². The maximum absolute atomic E-state index is 5.90. The van der Waals surface area contributed by atoms with Gasteiger partial charge >= 0.3 is 0 Å². The van der Waals surface area contributed by atoms with Gasteiger partial charge in [0.25, 0.3) is 0 Å². The predicted octanol–water partition coefficient (Wildman–Crippen LogP) is 1.71. The minimum absolute atomic E-state index is 0.201. The summed E-state index contributed by atoms with van der Waals surface area (Å²) in [6.45, 7) is 12.1. The average Bonchev–Trinajstić information content (AvgIpc) is 3.09. The molecule has 1 fully saturated rings. The molecule has 2 aromatic rings. The van der Waals surface area contributed by atoms with Crippen LogP contribution >= 0.6 is 0 Å².